The minimum atomic E-state index is -0.0280. The molecule has 0 aromatic rings. The van der Waals surface area contributed by atoms with Gasteiger partial charge < -0.3 is 15.1 Å². The zero-order valence-electron chi connectivity index (χ0n) is 12.2. The van der Waals surface area contributed by atoms with E-state index >= 15 is 0 Å². The second-order valence-corrected chi connectivity index (χ2v) is 5.09. The molecule has 1 aliphatic heterocycles. The molecule has 1 unspecified atom stereocenters. The lowest BCUT2D eigenvalue weighted by atomic mass is 10.2. The molecule has 1 heterocycles. The van der Waals surface area contributed by atoms with Crippen LogP contribution in [0.1, 0.15) is 40.0 Å². The summed E-state index contributed by atoms with van der Waals surface area (Å²) in [5.41, 5.74) is 0. The Morgan fingerprint density at radius 3 is 2.44 bits per heavy atom. The molecule has 1 N–H and O–H groups in total. The smallest absolute Gasteiger partial charge is 0.239 e. The van der Waals surface area contributed by atoms with Crippen LogP contribution >= 0.6 is 0 Å². The van der Waals surface area contributed by atoms with E-state index in [0.29, 0.717) is 0 Å². The van der Waals surface area contributed by atoms with Crippen molar-refractivity contribution in [2.75, 3.05) is 39.3 Å². The van der Waals surface area contributed by atoms with E-state index in [0.717, 1.165) is 45.7 Å². The van der Waals surface area contributed by atoms with Crippen molar-refractivity contribution in [1.29, 1.82) is 0 Å². The molecular formula is C14H29N3O. The predicted octanol–water partition coefficient (Wildman–Crippen LogP) is 1.32. The lowest BCUT2D eigenvalue weighted by molar-refractivity contribution is -0.131. The molecule has 0 radical (unpaired) electrons. The van der Waals surface area contributed by atoms with E-state index in [1.165, 1.54) is 12.8 Å². The molecule has 0 spiro atoms. The SMILES string of the molecule is CCN(CC)CCCNC(C)C(=O)N1CCCC1. The van der Waals surface area contributed by atoms with Crippen molar-refractivity contribution < 1.29 is 4.79 Å². The first kappa shape index (κ1) is 15.4. The molecule has 1 amide bonds. The standard InChI is InChI=1S/C14H29N3O/c1-4-16(5-2)10-8-9-15-13(3)14(18)17-11-6-7-12-17/h13,15H,4-12H2,1-3H3. The molecule has 4 nitrogen and oxygen atoms in total. The number of hydrogen-bond donors (Lipinski definition) is 1. The van der Waals surface area contributed by atoms with Crippen LogP contribution in [0.2, 0.25) is 0 Å². The van der Waals surface area contributed by atoms with E-state index in [1.807, 2.05) is 11.8 Å². The Morgan fingerprint density at radius 2 is 1.89 bits per heavy atom. The maximum absolute atomic E-state index is 12.0. The van der Waals surface area contributed by atoms with Gasteiger partial charge in [0.05, 0.1) is 6.04 Å². The highest BCUT2D eigenvalue weighted by molar-refractivity contribution is 5.81. The van der Waals surface area contributed by atoms with Gasteiger partial charge in [0.1, 0.15) is 0 Å². The van der Waals surface area contributed by atoms with Crippen LogP contribution < -0.4 is 5.32 Å². The van der Waals surface area contributed by atoms with E-state index in [1.54, 1.807) is 0 Å². The fourth-order valence-corrected chi connectivity index (χ4v) is 2.46. The van der Waals surface area contributed by atoms with Gasteiger partial charge >= 0.3 is 0 Å². The van der Waals surface area contributed by atoms with E-state index in [4.69, 9.17) is 0 Å². The molecule has 1 atom stereocenters. The maximum atomic E-state index is 12.0. The normalized spacial score (nSPS) is 17.4. The van der Waals surface area contributed by atoms with Crippen molar-refractivity contribution in [3.8, 4) is 0 Å². The van der Waals surface area contributed by atoms with Gasteiger partial charge in [0, 0.05) is 13.1 Å². The minimum absolute atomic E-state index is 0.0280. The third-order valence-electron chi connectivity index (χ3n) is 3.78. The van der Waals surface area contributed by atoms with Gasteiger partial charge in [-0.15, -0.1) is 0 Å². The fourth-order valence-electron chi connectivity index (χ4n) is 2.46. The van der Waals surface area contributed by atoms with Gasteiger partial charge in [-0.3, -0.25) is 4.79 Å². The zero-order chi connectivity index (χ0) is 13.4. The topological polar surface area (TPSA) is 35.6 Å². The largest absolute Gasteiger partial charge is 0.341 e. The summed E-state index contributed by atoms with van der Waals surface area (Å²) >= 11 is 0. The van der Waals surface area contributed by atoms with Crippen LogP contribution in [-0.4, -0.2) is 61.0 Å². The first-order valence-corrected chi connectivity index (χ1v) is 7.43. The third-order valence-corrected chi connectivity index (χ3v) is 3.78. The highest BCUT2D eigenvalue weighted by Gasteiger charge is 2.22. The van der Waals surface area contributed by atoms with E-state index in [9.17, 15) is 4.79 Å². The van der Waals surface area contributed by atoms with E-state index < -0.39 is 0 Å². The van der Waals surface area contributed by atoms with Gasteiger partial charge in [0.2, 0.25) is 5.91 Å². The van der Waals surface area contributed by atoms with E-state index in [-0.39, 0.29) is 11.9 Å². The lowest BCUT2D eigenvalue weighted by Crippen LogP contribution is -2.44. The predicted molar refractivity (Wildman–Crippen MR) is 75.7 cm³/mol. The number of nitrogens with zero attached hydrogens (tertiary/aromatic N) is 2. The van der Waals surface area contributed by atoms with Gasteiger partial charge in [-0.05, 0) is 52.4 Å². The summed E-state index contributed by atoms with van der Waals surface area (Å²) in [6.07, 6.45) is 3.44. The molecule has 0 saturated carbocycles. The maximum Gasteiger partial charge on any atom is 0.239 e. The number of amides is 1. The molecule has 1 fully saturated rings. The summed E-state index contributed by atoms with van der Waals surface area (Å²) in [5, 5.41) is 3.34. The molecule has 106 valence electrons. The number of hydrogen-bond acceptors (Lipinski definition) is 3. The average molecular weight is 255 g/mol. The molecule has 1 aliphatic rings. The van der Waals surface area contributed by atoms with Crippen LogP contribution in [0.4, 0.5) is 0 Å². The quantitative estimate of drug-likeness (QED) is 0.665. The molecule has 1 saturated heterocycles. The van der Waals surface area contributed by atoms with Gasteiger partial charge in [0.15, 0.2) is 0 Å². The summed E-state index contributed by atoms with van der Waals surface area (Å²) in [7, 11) is 0. The Bertz CT molecular complexity index is 235. The monoisotopic (exact) mass is 255 g/mol. The van der Waals surface area contributed by atoms with Crippen molar-refractivity contribution >= 4 is 5.91 Å². The summed E-state index contributed by atoms with van der Waals surface area (Å²) < 4.78 is 0. The molecule has 0 aliphatic carbocycles. The number of carbonyl (C=O) groups excluding carboxylic acids is 1. The summed E-state index contributed by atoms with van der Waals surface area (Å²) in [6.45, 7) is 12.5. The van der Waals surface area contributed by atoms with E-state index in [2.05, 4.69) is 24.1 Å². The Balaban J connectivity index is 2.12. The molecule has 0 aromatic carbocycles. The van der Waals surface area contributed by atoms with Crippen LogP contribution in [0.15, 0.2) is 0 Å². The zero-order valence-corrected chi connectivity index (χ0v) is 12.2. The number of likely N-dealkylation sites (tertiary alicyclic amines) is 1. The first-order chi connectivity index (χ1) is 8.69. The van der Waals surface area contributed by atoms with Gasteiger partial charge in [-0.1, -0.05) is 13.8 Å². The van der Waals surface area contributed by atoms with Crippen LogP contribution in [0.25, 0.3) is 0 Å². The Morgan fingerprint density at radius 1 is 1.28 bits per heavy atom. The highest BCUT2D eigenvalue weighted by Crippen LogP contribution is 2.08. The van der Waals surface area contributed by atoms with Crippen molar-refractivity contribution in [3.05, 3.63) is 0 Å². The number of rotatable bonds is 8. The second-order valence-electron chi connectivity index (χ2n) is 5.09. The van der Waals surface area contributed by atoms with Crippen LogP contribution in [0, 0.1) is 0 Å². The number of carbonyl (C=O) groups is 1. The Kier molecular flexibility index (Phi) is 7.28. The van der Waals surface area contributed by atoms with Crippen LogP contribution in [-0.2, 0) is 4.79 Å². The average Bonchev–Trinajstić information content (AvgIpc) is 2.91. The first-order valence-electron chi connectivity index (χ1n) is 7.43. The van der Waals surface area contributed by atoms with Crippen molar-refractivity contribution in [1.82, 2.24) is 15.1 Å². The highest BCUT2D eigenvalue weighted by atomic mass is 16.2. The van der Waals surface area contributed by atoms with Crippen molar-refractivity contribution in [3.63, 3.8) is 0 Å². The minimum Gasteiger partial charge on any atom is -0.341 e. The Hall–Kier alpha value is -0.610. The molecular weight excluding hydrogens is 226 g/mol. The second kappa shape index (κ2) is 8.48. The fraction of sp³-hybridized carbons (Fsp3) is 0.929. The van der Waals surface area contributed by atoms with Crippen molar-refractivity contribution in [2.45, 2.75) is 46.1 Å². The molecule has 1 rings (SSSR count). The molecule has 18 heavy (non-hydrogen) atoms. The van der Waals surface area contributed by atoms with Crippen LogP contribution in [0.5, 0.6) is 0 Å². The summed E-state index contributed by atoms with van der Waals surface area (Å²) in [6, 6.07) is -0.0280. The molecule has 4 heteroatoms. The Labute approximate surface area is 112 Å². The van der Waals surface area contributed by atoms with Crippen LogP contribution in [0.3, 0.4) is 0 Å². The summed E-state index contributed by atoms with van der Waals surface area (Å²) in [5.74, 6) is 0.273. The number of nitrogens with one attached hydrogen (secondary N) is 1. The van der Waals surface area contributed by atoms with Gasteiger partial charge in [-0.25, -0.2) is 0 Å². The van der Waals surface area contributed by atoms with Gasteiger partial charge in [0.25, 0.3) is 0 Å². The summed E-state index contributed by atoms with van der Waals surface area (Å²) in [4.78, 5) is 16.4. The molecule has 0 aromatic heterocycles. The third kappa shape index (κ3) is 4.94. The van der Waals surface area contributed by atoms with Crippen molar-refractivity contribution in [2.24, 2.45) is 0 Å². The molecule has 0 bridgehead atoms. The van der Waals surface area contributed by atoms with Gasteiger partial charge in [-0.2, -0.15) is 0 Å². The lowest BCUT2D eigenvalue weighted by Gasteiger charge is -2.22.